The number of nitrogens with zero attached hydrogens (tertiary/aromatic N) is 1. The maximum absolute atomic E-state index is 13.9. The maximum atomic E-state index is 13.9. The van der Waals surface area contributed by atoms with E-state index in [0.717, 1.165) is 0 Å². The normalized spacial score (nSPS) is 15.8. The Bertz CT molecular complexity index is 804. The Hall–Kier alpha value is -1.76. The number of quaternary nitrogens is 1. The molecule has 0 aromatic heterocycles. The van der Waals surface area contributed by atoms with Crippen LogP contribution < -0.4 is 5.11 Å². The minimum absolute atomic E-state index is 0.168. The van der Waals surface area contributed by atoms with E-state index in [0.29, 0.717) is 0 Å². The molecule has 0 aliphatic rings. The van der Waals surface area contributed by atoms with Crippen LogP contribution in [0, 0.1) is 0 Å². The lowest BCUT2D eigenvalue weighted by Gasteiger charge is -2.43. The van der Waals surface area contributed by atoms with Gasteiger partial charge < -0.3 is 14.4 Å². The average molecular weight is 591 g/mol. The van der Waals surface area contributed by atoms with E-state index in [1.807, 2.05) is 0 Å². The third kappa shape index (κ3) is 6.12. The van der Waals surface area contributed by atoms with Gasteiger partial charge in [-0.1, -0.05) is 0 Å². The van der Waals surface area contributed by atoms with Gasteiger partial charge in [0.25, 0.3) is 0 Å². The highest BCUT2D eigenvalue weighted by Crippen LogP contribution is 2.64. The number of halogens is 17. The highest BCUT2D eigenvalue weighted by molar-refractivity contribution is 5.64. The van der Waals surface area contributed by atoms with Crippen LogP contribution in [-0.4, -0.2) is 85.3 Å². The largest absolute Gasteiger partial charge is 0.550 e. The molecule has 0 bridgehead atoms. The standard InChI is InChI=1S/C17H18F17NO2/c1-35(2,7-3-5-9(36)37)8-4-6-10(18,19)11(20,21)12(22,23)13(24,25)14(26,27)15(28,29)16(30,31)17(32,33)34/h3-8H2,1-2H3. The Morgan fingerprint density at radius 1 is 0.568 bits per heavy atom. The minimum atomic E-state index is -8.64. The Morgan fingerprint density at radius 3 is 1.24 bits per heavy atom. The third-order valence-electron chi connectivity index (χ3n) is 5.19. The first-order valence-corrected chi connectivity index (χ1v) is 9.60. The number of alkyl halides is 17. The second kappa shape index (κ2) is 10.1. The predicted octanol–water partition coefficient (Wildman–Crippen LogP) is 5.38. The van der Waals surface area contributed by atoms with Gasteiger partial charge in [0.15, 0.2) is 0 Å². The number of hydrogen-bond acceptors (Lipinski definition) is 2. The van der Waals surface area contributed by atoms with Gasteiger partial charge >= 0.3 is 47.6 Å². The van der Waals surface area contributed by atoms with Crippen molar-refractivity contribution in [1.29, 1.82) is 0 Å². The first kappa shape index (κ1) is 35.2. The van der Waals surface area contributed by atoms with Crippen LogP contribution in [0.3, 0.4) is 0 Å². The molecule has 0 heterocycles. The molecule has 0 aromatic carbocycles. The van der Waals surface area contributed by atoms with E-state index >= 15 is 0 Å². The number of aliphatic carboxylic acids is 1. The van der Waals surface area contributed by atoms with Crippen molar-refractivity contribution < 1.29 is 89.0 Å². The summed E-state index contributed by atoms with van der Waals surface area (Å²) in [6.07, 6.45) is -12.3. The SMILES string of the molecule is C[N+](C)(CCCC(=O)[O-])CCCC(F)(F)C(F)(F)C(F)(F)C(F)(F)C(F)(F)C(F)(F)C(F)(F)C(F)(F)F. The molecule has 37 heavy (non-hydrogen) atoms. The summed E-state index contributed by atoms with van der Waals surface area (Å²) in [6.45, 7) is -0.842. The van der Waals surface area contributed by atoms with Crippen LogP contribution >= 0.6 is 0 Å². The summed E-state index contributed by atoms with van der Waals surface area (Å²) in [5.74, 6) is -57.8. The zero-order chi connectivity index (χ0) is 30.3. The summed E-state index contributed by atoms with van der Waals surface area (Å²) in [7, 11) is 2.36. The van der Waals surface area contributed by atoms with Gasteiger partial charge in [-0.3, -0.25) is 0 Å². The van der Waals surface area contributed by atoms with Crippen LogP contribution in [0.1, 0.15) is 25.7 Å². The highest BCUT2D eigenvalue weighted by Gasteiger charge is 2.95. The summed E-state index contributed by atoms with van der Waals surface area (Å²) in [5, 5.41) is 10.3. The van der Waals surface area contributed by atoms with E-state index in [9.17, 15) is 84.5 Å². The molecule has 0 spiro atoms. The van der Waals surface area contributed by atoms with E-state index in [4.69, 9.17) is 0 Å². The molecule has 0 rings (SSSR count). The number of carbonyl (C=O) groups excluding carboxylic acids is 1. The molecule has 0 aromatic rings. The van der Waals surface area contributed by atoms with E-state index in [-0.39, 0.29) is 13.0 Å². The summed E-state index contributed by atoms with van der Waals surface area (Å²) >= 11 is 0. The third-order valence-corrected chi connectivity index (χ3v) is 5.19. The van der Waals surface area contributed by atoms with Crippen molar-refractivity contribution in [3.05, 3.63) is 0 Å². The molecular formula is C17H18F17NO2. The minimum Gasteiger partial charge on any atom is -0.550 e. The maximum Gasteiger partial charge on any atom is 0.460 e. The Morgan fingerprint density at radius 2 is 0.892 bits per heavy atom. The van der Waals surface area contributed by atoms with E-state index < -0.39 is 83.9 Å². The van der Waals surface area contributed by atoms with Crippen LogP contribution in [-0.2, 0) is 4.79 Å². The topological polar surface area (TPSA) is 40.1 Å². The molecular weight excluding hydrogens is 573 g/mol. The van der Waals surface area contributed by atoms with Crippen LogP contribution in [0.2, 0.25) is 0 Å². The first-order valence-electron chi connectivity index (χ1n) is 9.60. The number of rotatable bonds is 14. The summed E-state index contributed by atoms with van der Waals surface area (Å²) < 4.78 is 224. The molecule has 20 heteroatoms. The lowest BCUT2D eigenvalue weighted by molar-refractivity contribution is -0.890. The lowest BCUT2D eigenvalue weighted by Crippen LogP contribution is -2.74. The van der Waals surface area contributed by atoms with Gasteiger partial charge in [-0.05, 0) is 6.42 Å². The van der Waals surface area contributed by atoms with E-state index in [1.165, 1.54) is 14.1 Å². The molecule has 0 fully saturated rings. The molecule has 0 unspecified atom stereocenters. The monoisotopic (exact) mass is 591 g/mol. The van der Waals surface area contributed by atoms with Crippen molar-refractivity contribution in [3.8, 4) is 0 Å². The number of carboxylic acid groups (broad SMARTS) is 1. The Labute approximate surface area is 196 Å². The molecule has 0 saturated carbocycles. The average Bonchev–Trinajstić information content (AvgIpc) is 2.65. The lowest BCUT2D eigenvalue weighted by atomic mass is 9.88. The zero-order valence-corrected chi connectivity index (χ0v) is 18.4. The van der Waals surface area contributed by atoms with Gasteiger partial charge in [0.1, 0.15) is 0 Å². The molecule has 0 aliphatic carbocycles. The van der Waals surface area contributed by atoms with Gasteiger partial charge in [0.2, 0.25) is 0 Å². The van der Waals surface area contributed by atoms with Crippen molar-refractivity contribution >= 4 is 5.97 Å². The molecule has 222 valence electrons. The molecule has 0 atom stereocenters. The van der Waals surface area contributed by atoms with Gasteiger partial charge in [-0.2, -0.15) is 74.6 Å². The fraction of sp³-hybridized carbons (Fsp3) is 0.941. The summed E-state index contributed by atoms with van der Waals surface area (Å²) in [6, 6.07) is 0. The van der Waals surface area contributed by atoms with Crippen LogP contribution in [0.15, 0.2) is 0 Å². The smallest absolute Gasteiger partial charge is 0.460 e. The van der Waals surface area contributed by atoms with Gasteiger partial charge in [-0.15, -0.1) is 0 Å². The Kier molecular flexibility index (Phi) is 9.61. The van der Waals surface area contributed by atoms with Crippen molar-refractivity contribution in [3.63, 3.8) is 0 Å². The molecule has 0 radical (unpaired) electrons. The van der Waals surface area contributed by atoms with E-state index in [2.05, 4.69) is 0 Å². The van der Waals surface area contributed by atoms with E-state index in [1.54, 1.807) is 0 Å². The highest BCUT2D eigenvalue weighted by atomic mass is 19.4. The molecule has 0 amide bonds. The van der Waals surface area contributed by atoms with Crippen LogP contribution in [0.5, 0.6) is 0 Å². The first-order chi connectivity index (χ1) is 15.9. The Balaban J connectivity index is 6.07. The van der Waals surface area contributed by atoms with Gasteiger partial charge in [0.05, 0.1) is 27.2 Å². The van der Waals surface area contributed by atoms with Crippen LogP contribution in [0.25, 0.3) is 0 Å². The van der Waals surface area contributed by atoms with Gasteiger partial charge in [0, 0.05) is 25.2 Å². The van der Waals surface area contributed by atoms with Crippen molar-refractivity contribution in [2.24, 2.45) is 0 Å². The molecule has 0 aliphatic heterocycles. The number of hydrogen-bond donors (Lipinski definition) is 0. The predicted molar refractivity (Wildman–Crippen MR) is 86.0 cm³/mol. The fourth-order valence-corrected chi connectivity index (χ4v) is 2.85. The zero-order valence-electron chi connectivity index (χ0n) is 18.4. The molecule has 0 saturated heterocycles. The molecule has 3 nitrogen and oxygen atoms in total. The quantitative estimate of drug-likeness (QED) is 0.201. The fourth-order valence-electron chi connectivity index (χ4n) is 2.85. The number of carbonyl (C=O) groups is 1. The second-order valence-electron chi connectivity index (χ2n) is 8.61. The summed E-state index contributed by atoms with van der Waals surface area (Å²) in [5.41, 5.74) is 0. The van der Waals surface area contributed by atoms with Crippen molar-refractivity contribution in [2.75, 3.05) is 27.2 Å². The summed E-state index contributed by atoms with van der Waals surface area (Å²) in [4.78, 5) is 10.3. The molecule has 0 N–H and O–H groups in total. The second-order valence-corrected chi connectivity index (χ2v) is 8.61. The van der Waals surface area contributed by atoms with Crippen molar-refractivity contribution in [1.82, 2.24) is 0 Å². The number of carboxylic acids is 1. The van der Waals surface area contributed by atoms with Crippen LogP contribution in [0.4, 0.5) is 74.6 Å². The van der Waals surface area contributed by atoms with Gasteiger partial charge in [-0.25, -0.2) is 0 Å². The van der Waals surface area contributed by atoms with Crippen molar-refractivity contribution in [2.45, 2.75) is 73.3 Å².